The van der Waals surface area contributed by atoms with Gasteiger partial charge in [0, 0.05) is 18.0 Å². The van der Waals surface area contributed by atoms with Crippen LogP contribution in [0.4, 0.5) is 5.69 Å². The molecule has 0 aliphatic carbocycles. The van der Waals surface area contributed by atoms with E-state index in [1.54, 1.807) is 16.4 Å². The quantitative estimate of drug-likeness (QED) is 0.144. The molecular formula is C28H31BrN6O3S. The number of halogens is 1. The lowest BCUT2D eigenvalue weighted by molar-refractivity contribution is -0.118. The summed E-state index contributed by atoms with van der Waals surface area (Å²) >= 11 is 5.21. The molecule has 0 fully saturated rings. The summed E-state index contributed by atoms with van der Waals surface area (Å²) in [5, 5.41) is 19.1. The van der Waals surface area contributed by atoms with E-state index in [9.17, 15) is 4.79 Å². The molecule has 0 aliphatic rings. The fraction of sp³-hybridized carbons (Fsp3) is 0.286. The van der Waals surface area contributed by atoms with Gasteiger partial charge in [-0.2, -0.15) is 4.68 Å². The van der Waals surface area contributed by atoms with E-state index < -0.39 is 0 Å². The number of carbonyl (C=O) groups excluding carboxylic acids is 1. The number of hydrogen-bond acceptors (Lipinski definition) is 8. The summed E-state index contributed by atoms with van der Waals surface area (Å²) in [6, 6.07) is 21.4. The van der Waals surface area contributed by atoms with Crippen LogP contribution in [0.3, 0.4) is 0 Å². The molecule has 0 aliphatic heterocycles. The fourth-order valence-electron chi connectivity index (χ4n) is 3.69. The summed E-state index contributed by atoms with van der Waals surface area (Å²) in [4.78, 5) is 12.4. The monoisotopic (exact) mass is 610 g/mol. The number of benzene rings is 3. The molecule has 2 N–H and O–H groups in total. The first-order valence-electron chi connectivity index (χ1n) is 12.7. The number of carbonyl (C=O) groups is 1. The molecule has 0 radical (unpaired) electrons. The minimum Gasteiger partial charge on any atom is -0.490 e. The summed E-state index contributed by atoms with van der Waals surface area (Å²) in [6.07, 6.45) is 0.948. The van der Waals surface area contributed by atoms with Crippen LogP contribution in [-0.2, 0) is 11.3 Å². The van der Waals surface area contributed by atoms with Crippen LogP contribution in [0.15, 0.2) is 76.4 Å². The Kier molecular flexibility index (Phi) is 10.8. The molecule has 0 unspecified atom stereocenters. The predicted molar refractivity (Wildman–Crippen MR) is 157 cm³/mol. The number of thioether (sulfide) groups is 1. The largest absolute Gasteiger partial charge is 0.490 e. The number of anilines is 1. The van der Waals surface area contributed by atoms with E-state index in [4.69, 9.17) is 9.47 Å². The number of aromatic nitrogens is 4. The molecule has 4 aromatic rings. The molecule has 1 aromatic heterocycles. The third-order valence-corrected chi connectivity index (χ3v) is 7.15. The van der Waals surface area contributed by atoms with Crippen LogP contribution in [0.25, 0.3) is 5.69 Å². The number of rotatable bonds is 14. The van der Waals surface area contributed by atoms with Gasteiger partial charge in [0.15, 0.2) is 18.1 Å². The third kappa shape index (κ3) is 8.54. The Hall–Kier alpha value is -3.41. The first kappa shape index (κ1) is 28.6. The fourth-order valence-corrected chi connectivity index (χ4v) is 5.13. The number of aryl methyl sites for hydroxylation is 1. The average molecular weight is 612 g/mol. The molecule has 4 rings (SSSR count). The number of tetrazole rings is 1. The van der Waals surface area contributed by atoms with Gasteiger partial charge in [-0.3, -0.25) is 4.79 Å². The van der Waals surface area contributed by atoms with Gasteiger partial charge in [0.25, 0.3) is 5.91 Å². The van der Waals surface area contributed by atoms with Crippen molar-refractivity contribution in [1.82, 2.24) is 25.5 Å². The highest BCUT2D eigenvalue weighted by Crippen LogP contribution is 2.37. The molecule has 1 heterocycles. The van der Waals surface area contributed by atoms with Crippen molar-refractivity contribution in [3.63, 3.8) is 0 Å². The normalized spacial score (nSPS) is 10.8. The first-order valence-corrected chi connectivity index (χ1v) is 14.4. The van der Waals surface area contributed by atoms with Crippen LogP contribution in [0.5, 0.6) is 11.5 Å². The van der Waals surface area contributed by atoms with E-state index in [1.807, 2.05) is 80.6 Å². The third-order valence-electron chi connectivity index (χ3n) is 5.55. The molecule has 0 saturated heterocycles. The summed E-state index contributed by atoms with van der Waals surface area (Å²) in [6.45, 7) is 5.76. The van der Waals surface area contributed by atoms with Crippen molar-refractivity contribution >= 4 is 39.3 Å². The Morgan fingerprint density at radius 1 is 1.08 bits per heavy atom. The summed E-state index contributed by atoms with van der Waals surface area (Å²) in [5.74, 6) is 1.74. The standard InChI is InChI=1S/C28H31BrN6O3S/c1-3-37-25-17-21(16-24(29)27(25)38-19-26(36)31-22-12-10-20(2)11-13-22)18-30-14-7-15-39-28-32-33-34-35(28)23-8-5-4-6-9-23/h4-6,8-13,16-17,30H,3,7,14-15,18-19H2,1-2H3,(H,31,36). The molecule has 0 spiro atoms. The number of nitrogens with one attached hydrogen (secondary N) is 2. The highest BCUT2D eigenvalue weighted by atomic mass is 79.9. The Morgan fingerprint density at radius 2 is 1.87 bits per heavy atom. The molecule has 204 valence electrons. The molecule has 0 bridgehead atoms. The molecular weight excluding hydrogens is 580 g/mol. The van der Waals surface area contributed by atoms with Crippen molar-refractivity contribution in [3.05, 3.63) is 82.3 Å². The lowest BCUT2D eigenvalue weighted by Crippen LogP contribution is -2.20. The molecule has 39 heavy (non-hydrogen) atoms. The second-order valence-corrected chi connectivity index (χ2v) is 10.5. The van der Waals surface area contributed by atoms with Crippen LogP contribution < -0.4 is 20.1 Å². The minimum atomic E-state index is -0.241. The maximum Gasteiger partial charge on any atom is 0.262 e. The molecule has 1 amide bonds. The van der Waals surface area contributed by atoms with Gasteiger partial charge in [-0.15, -0.1) is 5.10 Å². The smallest absolute Gasteiger partial charge is 0.262 e. The first-order chi connectivity index (χ1) is 19.0. The van der Waals surface area contributed by atoms with E-state index in [0.29, 0.717) is 24.7 Å². The number of para-hydroxylation sites is 1. The molecule has 0 atom stereocenters. The number of nitrogens with zero attached hydrogens (tertiary/aromatic N) is 4. The Balaban J connectivity index is 1.24. The van der Waals surface area contributed by atoms with Gasteiger partial charge in [0.05, 0.1) is 16.8 Å². The van der Waals surface area contributed by atoms with Gasteiger partial charge in [-0.05, 0) is 95.1 Å². The van der Waals surface area contributed by atoms with Crippen molar-refractivity contribution in [2.75, 3.05) is 30.8 Å². The van der Waals surface area contributed by atoms with Crippen molar-refractivity contribution in [3.8, 4) is 17.2 Å². The Morgan fingerprint density at radius 3 is 2.64 bits per heavy atom. The lowest BCUT2D eigenvalue weighted by Gasteiger charge is -2.16. The topological polar surface area (TPSA) is 103 Å². The maximum atomic E-state index is 12.4. The van der Waals surface area contributed by atoms with E-state index in [1.165, 1.54) is 0 Å². The molecule has 3 aromatic carbocycles. The zero-order valence-electron chi connectivity index (χ0n) is 21.9. The van der Waals surface area contributed by atoms with Gasteiger partial charge < -0.3 is 20.1 Å². The van der Waals surface area contributed by atoms with E-state index in [-0.39, 0.29) is 12.5 Å². The van der Waals surface area contributed by atoms with Gasteiger partial charge in [0.1, 0.15) is 0 Å². The Bertz CT molecular complexity index is 1350. The lowest BCUT2D eigenvalue weighted by atomic mass is 10.2. The van der Waals surface area contributed by atoms with Crippen LogP contribution in [-0.4, -0.2) is 51.6 Å². The zero-order chi connectivity index (χ0) is 27.5. The van der Waals surface area contributed by atoms with Crippen LogP contribution in [0.2, 0.25) is 0 Å². The van der Waals surface area contributed by atoms with Gasteiger partial charge in [-0.25, -0.2) is 0 Å². The van der Waals surface area contributed by atoms with Crippen molar-refractivity contribution in [2.24, 2.45) is 0 Å². The predicted octanol–water partition coefficient (Wildman–Crippen LogP) is 5.42. The molecule has 0 saturated carbocycles. The Labute approximate surface area is 240 Å². The SMILES string of the molecule is CCOc1cc(CNCCCSc2nnnn2-c2ccccc2)cc(Br)c1OCC(=O)Nc1ccc(C)cc1. The molecule has 9 nitrogen and oxygen atoms in total. The van der Waals surface area contributed by atoms with Crippen LogP contribution >= 0.6 is 27.7 Å². The summed E-state index contributed by atoms with van der Waals surface area (Å²) in [7, 11) is 0. The second-order valence-electron chi connectivity index (χ2n) is 8.63. The number of ether oxygens (including phenoxy) is 2. The number of hydrogen-bond donors (Lipinski definition) is 2. The molecule has 11 heteroatoms. The van der Waals surface area contributed by atoms with Crippen LogP contribution in [0.1, 0.15) is 24.5 Å². The maximum absolute atomic E-state index is 12.4. The van der Waals surface area contributed by atoms with E-state index in [2.05, 4.69) is 42.1 Å². The van der Waals surface area contributed by atoms with E-state index >= 15 is 0 Å². The highest BCUT2D eigenvalue weighted by Gasteiger charge is 2.15. The minimum absolute atomic E-state index is 0.130. The van der Waals surface area contributed by atoms with Gasteiger partial charge >= 0.3 is 0 Å². The van der Waals surface area contributed by atoms with Crippen molar-refractivity contribution in [1.29, 1.82) is 0 Å². The van der Waals surface area contributed by atoms with E-state index in [0.717, 1.165) is 50.8 Å². The van der Waals surface area contributed by atoms with Gasteiger partial charge in [0.2, 0.25) is 5.16 Å². The second kappa shape index (κ2) is 14.7. The van der Waals surface area contributed by atoms with Gasteiger partial charge in [-0.1, -0.05) is 47.7 Å². The van der Waals surface area contributed by atoms with Crippen molar-refractivity contribution in [2.45, 2.75) is 32.0 Å². The summed E-state index contributed by atoms with van der Waals surface area (Å²) in [5.41, 5.74) is 3.85. The van der Waals surface area contributed by atoms with Crippen LogP contribution in [0, 0.1) is 6.92 Å². The average Bonchev–Trinajstić information content (AvgIpc) is 3.41. The highest BCUT2D eigenvalue weighted by molar-refractivity contribution is 9.10. The van der Waals surface area contributed by atoms with Crippen molar-refractivity contribution < 1.29 is 14.3 Å². The number of amides is 1. The zero-order valence-corrected chi connectivity index (χ0v) is 24.3. The summed E-state index contributed by atoms with van der Waals surface area (Å²) < 4.78 is 14.1.